The van der Waals surface area contributed by atoms with Gasteiger partial charge in [0.15, 0.2) is 5.75 Å². The van der Waals surface area contributed by atoms with E-state index in [2.05, 4.69) is 9.72 Å². The van der Waals surface area contributed by atoms with Crippen LogP contribution in [0.25, 0.3) is 11.3 Å². The van der Waals surface area contributed by atoms with Gasteiger partial charge in [-0.2, -0.15) is 13.2 Å². The summed E-state index contributed by atoms with van der Waals surface area (Å²) in [6, 6.07) is 4.79. The molecule has 0 fully saturated rings. The number of hydrogen-bond donors (Lipinski definition) is 0. The van der Waals surface area contributed by atoms with E-state index in [4.69, 9.17) is 9.47 Å². The maximum atomic E-state index is 13.0. The molecule has 13 heteroatoms. The Hall–Kier alpha value is -3.51. The van der Waals surface area contributed by atoms with Gasteiger partial charge < -0.3 is 14.2 Å². The summed E-state index contributed by atoms with van der Waals surface area (Å²) < 4.78 is 92.3. The predicted octanol–water partition coefficient (Wildman–Crippen LogP) is 7.34. The number of ether oxygens (including phenoxy) is 3. The minimum Gasteiger partial charge on any atom is -0.443 e. The van der Waals surface area contributed by atoms with Crippen LogP contribution in [0.5, 0.6) is 5.75 Å². The van der Waals surface area contributed by atoms with Crippen molar-refractivity contribution in [3.8, 4) is 17.0 Å². The van der Waals surface area contributed by atoms with Crippen LogP contribution < -0.4 is 4.74 Å². The molecule has 7 nitrogen and oxygen atoms in total. The van der Waals surface area contributed by atoms with Crippen molar-refractivity contribution in [3.05, 3.63) is 47.7 Å². The van der Waals surface area contributed by atoms with Gasteiger partial charge in [-0.15, -0.1) is 13.2 Å². The van der Waals surface area contributed by atoms with E-state index in [-0.39, 0.29) is 16.8 Å². The SMILES string of the molecule is CC(C)(C)OC(=O)N(Cc1cc(-c2ccc(C(F)(F)F)cc2)ncc1OC(F)(F)F)C(=O)OC(C)(C)C. The Kier molecular flexibility index (Phi) is 8.40. The Morgan fingerprint density at radius 3 is 1.73 bits per heavy atom. The fraction of sp³-hybridized carbons (Fsp3) is 0.458. The number of rotatable bonds is 4. The molecule has 0 saturated carbocycles. The van der Waals surface area contributed by atoms with Crippen molar-refractivity contribution in [1.29, 1.82) is 0 Å². The van der Waals surface area contributed by atoms with E-state index in [1.165, 1.54) is 41.5 Å². The third kappa shape index (κ3) is 9.47. The molecule has 0 aliphatic carbocycles. The predicted molar refractivity (Wildman–Crippen MR) is 119 cm³/mol. The van der Waals surface area contributed by atoms with Crippen LogP contribution in [-0.2, 0) is 22.2 Å². The summed E-state index contributed by atoms with van der Waals surface area (Å²) >= 11 is 0. The maximum absolute atomic E-state index is 13.0. The van der Waals surface area contributed by atoms with Gasteiger partial charge in [-0.1, -0.05) is 12.1 Å². The minimum absolute atomic E-state index is 0.0356. The third-order valence-electron chi connectivity index (χ3n) is 4.24. The highest BCUT2D eigenvalue weighted by Crippen LogP contribution is 2.33. The second-order valence-electron chi connectivity index (χ2n) is 9.85. The lowest BCUT2D eigenvalue weighted by atomic mass is 10.1. The minimum atomic E-state index is -5.14. The second-order valence-corrected chi connectivity index (χ2v) is 9.85. The molecular weight excluding hydrogens is 510 g/mol. The largest absolute Gasteiger partial charge is 0.573 e. The number of aromatic nitrogens is 1. The van der Waals surface area contributed by atoms with Crippen LogP contribution in [-0.4, -0.2) is 39.6 Å². The number of hydrogen-bond acceptors (Lipinski definition) is 6. The number of nitrogens with zero attached hydrogens (tertiary/aromatic N) is 2. The second kappa shape index (κ2) is 10.5. The average Bonchev–Trinajstić information content (AvgIpc) is 2.68. The van der Waals surface area contributed by atoms with Gasteiger partial charge in [0.25, 0.3) is 0 Å². The number of carbonyl (C=O) groups is 2. The molecule has 0 aliphatic rings. The Balaban J connectivity index is 2.56. The summed E-state index contributed by atoms with van der Waals surface area (Å²) in [5.41, 5.74) is -3.30. The van der Waals surface area contributed by atoms with Crippen LogP contribution in [0.15, 0.2) is 36.5 Å². The van der Waals surface area contributed by atoms with Crippen LogP contribution in [0.1, 0.15) is 52.7 Å². The zero-order chi connectivity index (χ0) is 28.4. The van der Waals surface area contributed by atoms with Crippen molar-refractivity contribution in [2.24, 2.45) is 0 Å². The Bertz CT molecular complexity index is 1090. The first-order valence-corrected chi connectivity index (χ1v) is 10.8. The van der Waals surface area contributed by atoms with E-state index >= 15 is 0 Å². The van der Waals surface area contributed by atoms with Crippen molar-refractivity contribution >= 4 is 12.2 Å². The molecule has 0 N–H and O–H groups in total. The third-order valence-corrected chi connectivity index (χ3v) is 4.24. The molecule has 0 atom stereocenters. The van der Waals surface area contributed by atoms with Crippen LogP contribution >= 0.6 is 0 Å². The lowest BCUT2D eigenvalue weighted by molar-refractivity contribution is -0.275. The molecule has 1 heterocycles. The van der Waals surface area contributed by atoms with Crippen molar-refractivity contribution in [1.82, 2.24) is 9.88 Å². The summed E-state index contributed by atoms with van der Waals surface area (Å²) in [5, 5.41) is 0. The van der Waals surface area contributed by atoms with E-state index in [0.717, 1.165) is 30.3 Å². The molecule has 37 heavy (non-hydrogen) atoms. The quantitative estimate of drug-likeness (QED) is 0.381. The lowest BCUT2D eigenvalue weighted by Gasteiger charge is -2.29. The van der Waals surface area contributed by atoms with E-state index in [9.17, 15) is 35.9 Å². The van der Waals surface area contributed by atoms with E-state index in [0.29, 0.717) is 11.1 Å². The van der Waals surface area contributed by atoms with Gasteiger partial charge in [-0.25, -0.2) is 14.5 Å². The number of amides is 2. The first-order chi connectivity index (χ1) is 16.6. The molecule has 2 rings (SSSR count). The van der Waals surface area contributed by atoms with Crippen molar-refractivity contribution in [2.75, 3.05) is 0 Å². The Labute approximate surface area is 209 Å². The molecule has 0 aliphatic heterocycles. The first-order valence-electron chi connectivity index (χ1n) is 10.8. The van der Waals surface area contributed by atoms with Crippen molar-refractivity contribution < 1.29 is 50.1 Å². The summed E-state index contributed by atoms with van der Waals surface area (Å²) in [6.45, 7) is 8.33. The van der Waals surface area contributed by atoms with Crippen molar-refractivity contribution in [2.45, 2.75) is 71.8 Å². The van der Waals surface area contributed by atoms with E-state index < -0.39 is 53.8 Å². The molecule has 0 bridgehead atoms. The zero-order valence-electron chi connectivity index (χ0n) is 20.9. The topological polar surface area (TPSA) is 78.0 Å². The smallest absolute Gasteiger partial charge is 0.443 e. The molecule has 2 aromatic rings. The Morgan fingerprint density at radius 2 is 1.32 bits per heavy atom. The van der Waals surface area contributed by atoms with Crippen LogP contribution in [0.4, 0.5) is 35.9 Å². The molecule has 204 valence electrons. The Morgan fingerprint density at radius 1 is 0.838 bits per heavy atom. The number of alkyl halides is 6. The first kappa shape index (κ1) is 29.7. The maximum Gasteiger partial charge on any atom is 0.573 e. The zero-order valence-corrected chi connectivity index (χ0v) is 20.9. The number of benzene rings is 1. The number of imide groups is 1. The molecule has 2 amide bonds. The number of pyridine rings is 1. The van der Waals surface area contributed by atoms with Gasteiger partial charge in [-0.05, 0) is 59.7 Å². The van der Waals surface area contributed by atoms with Gasteiger partial charge in [-0.3, -0.25) is 4.98 Å². The van der Waals surface area contributed by atoms with Crippen molar-refractivity contribution in [3.63, 3.8) is 0 Å². The van der Waals surface area contributed by atoms with Gasteiger partial charge >= 0.3 is 24.7 Å². The molecule has 1 aromatic heterocycles. The highest BCUT2D eigenvalue weighted by atomic mass is 19.4. The molecule has 0 spiro atoms. The summed E-state index contributed by atoms with van der Waals surface area (Å²) in [6.07, 6.45) is -11.4. The highest BCUT2D eigenvalue weighted by Gasteiger charge is 2.36. The summed E-state index contributed by atoms with van der Waals surface area (Å²) in [7, 11) is 0. The van der Waals surface area contributed by atoms with E-state index in [1.54, 1.807) is 0 Å². The van der Waals surface area contributed by atoms with Gasteiger partial charge in [0, 0.05) is 11.1 Å². The van der Waals surface area contributed by atoms with Gasteiger partial charge in [0.1, 0.15) is 11.2 Å². The van der Waals surface area contributed by atoms with Crippen LogP contribution in [0, 0.1) is 0 Å². The van der Waals surface area contributed by atoms with Gasteiger partial charge in [0.2, 0.25) is 0 Å². The van der Waals surface area contributed by atoms with Crippen LogP contribution in [0.2, 0.25) is 0 Å². The van der Waals surface area contributed by atoms with Gasteiger partial charge in [0.05, 0.1) is 24.0 Å². The lowest BCUT2D eigenvalue weighted by Crippen LogP contribution is -2.43. The van der Waals surface area contributed by atoms with Crippen LogP contribution in [0.3, 0.4) is 0 Å². The normalized spacial score (nSPS) is 12.6. The number of carbonyl (C=O) groups excluding carboxylic acids is 2. The summed E-state index contributed by atoms with van der Waals surface area (Å²) in [5.74, 6) is -0.833. The fourth-order valence-corrected chi connectivity index (χ4v) is 2.82. The standard InChI is InChI=1S/C24H26F6N2O5/c1-21(2,3)36-19(33)32(20(34)37-22(4,5)6)13-15-11-17(31-12-18(15)35-24(28,29)30)14-7-9-16(10-8-14)23(25,26)27/h7-12H,13H2,1-6H3. The molecule has 0 radical (unpaired) electrons. The van der Waals surface area contributed by atoms with E-state index in [1.807, 2.05) is 0 Å². The highest BCUT2D eigenvalue weighted by molar-refractivity contribution is 5.88. The summed E-state index contributed by atoms with van der Waals surface area (Å²) in [4.78, 5) is 29.9. The molecule has 0 unspecified atom stereocenters. The number of halogens is 6. The molecular formula is C24H26F6N2O5. The fourth-order valence-electron chi connectivity index (χ4n) is 2.82. The molecule has 1 aromatic carbocycles. The average molecular weight is 536 g/mol. The molecule has 0 saturated heterocycles. The monoisotopic (exact) mass is 536 g/mol.